The van der Waals surface area contributed by atoms with Gasteiger partial charge in [-0.25, -0.2) is 0 Å². The van der Waals surface area contributed by atoms with Gasteiger partial charge in [0.1, 0.15) is 0 Å². The quantitative estimate of drug-likeness (QED) is 0.635. The highest BCUT2D eigenvalue weighted by molar-refractivity contribution is 4.91. The van der Waals surface area contributed by atoms with Crippen LogP contribution in [0.3, 0.4) is 0 Å². The van der Waals surface area contributed by atoms with Crippen molar-refractivity contribution < 1.29 is 0 Å². The van der Waals surface area contributed by atoms with Gasteiger partial charge in [0.2, 0.25) is 0 Å². The molecule has 3 heteroatoms. The lowest BCUT2D eigenvalue weighted by Crippen LogP contribution is -2.36. The fourth-order valence-electron chi connectivity index (χ4n) is 1.81. The fourth-order valence-corrected chi connectivity index (χ4v) is 1.81. The molecule has 1 fully saturated rings. The van der Waals surface area contributed by atoms with Crippen LogP contribution in [-0.2, 0) is 0 Å². The summed E-state index contributed by atoms with van der Waals surface area (Å²) in [5.74, 6) is 0. The smallest absolute Gasteiger partial charge is 0.0975 e. The second kappa shape index (κ2) is 5.21. The standard InChI is InChI=1S/C10H19N3/c1-3-10(9-11)13-6-4-5-12(2)7-8-13/h10H,3-8H2,1-2H3. The Morgan fingerprint density at radius 2 is 2.08 bits per heavy atom. The molecular formula is C10H19N3. The number of hydrogen-bond acceptors (Lipinski definition) is 3. The molecule has 0 aromatic carbocycles. The summed E-state index contributed by atoms with van der Waals surface area (Å²) in [6.45, 7) is 6.47. The van der Waals surface area contributed by atoms with Crippen LogP contribution in [-0.4, -0.2) is 49.1 Å². The molecule has 0 N–H and O–H groups in total. The second-order valence-corrected chi connectivity index (χ2v) is 3.75. The summed E-state index contributed by atoms with van der Waals surface area (Å²) < 4.78 is 0. The minimum Gasteiger partial charge on any atom is -0.305 e. The monoisotopic (exact) mass is 181 g/mol. The Hall–Kier alpha value is -0.590. The van der Waals surface area contributed by atoms with Gasteiger partial charge >= 0.3 is 0 Å². The Bertz CT molecular complexity index is 185. The molecule has 1 aliphatic heterocycles. The van der Waals surface area contributed by atoms with E-state index < -0.39 is 0 Å². The van der Waals surface area contributed by atoms with Crippen molar-refractivity contribution in [3.63, 3.8) is 0 Å². The largest absolute Gasteiger partial charge is 0.305 e. The van der Waals surface area contributed by atoms with Gasteiger partial charge in [-0.05, 0) is 26.4 Å². The first-order chi connectivity index (χ1) is 6.27. The summed E-state index contributed by atoms with van der Waals surface area (Å²) in [5, 5.41) is 8.93. The van der Waals surface area contributed by atoms with Crippen LogP contribution in [0.15, 0.2) is 0 Å². The molecule has 3 nitrogen and oxygen atoms in total. The molecule has 1 unspecified atom stereocenters. The molecule has 0 aromatic heterocycles. The van der Waals surface area contributed by atoms with E-state index >= 15 is 0 Å². The van der Waals surface area contributed by atoms with Crippen LogP contribution in [0.25, 0.3) is 0 Å². The third-order valence-corrected chi connectivity index (χ3v) is 2.73. The molecule has 1 saturated heterocycles. The van der Waals surface area contributed by atoms with Crippen molar-refractivity contribution in [2.75, 3.05) is 33.2 Å². The Kier molecular flexibility index (Phi) is 4.20. The molecule has 1 atom stereocenters. The fraction of sp³-hybridized carbons (Fsp3) is 0.900. The Morgan fingerprint density at radius 3 is 2.69 bits per heavy atom. The van der Waals surface area contributed by atoms with E-state index in [0.29, 0.717) is 0 Å². The first-order valence-corrected chi connectivity index (χ1v) is 5.10. The van der Waals surface area contributed by atoms with E-state index in [-0.39, 0.29) is 6.04 Å². The molecule has 74 valence electrons. The predicted molar refractivity (Wildman–Crippen MR) is 53.4 cm³/mol. The maximum atomic E-state index is 8.93. The van der Waals surface area contributed by atoms with E-state index in [4.69, 9.17) is 5.26 Å². The van der Waals surface area contributed by atoms with Gasteiger partial charge in [-0.2, -0.15) is 5.26 Å². The molecule has 0 bridgehead atoms. The average Bonchev–Trinajstić information content (AvgIpc) is 2.34. The first kappa shape index (κ1) is 10.5. The molecule has 1 heterocycles. The van der Waals surface area contributed by atoms with Crippen LogP contribution in [0.4, 0.5) is 0 Å². The van der Waals surface area contributed by atoms with Gasteiger partial charge < -0.3 is 4.90 Å². The minimum absolute atomic E-state index is 0.131. The highest BCUT2D eigenvalue weighted by Crippen LogP contribution is 2.07. The van der Waals surface area contributed by atoms with Crippen LogP contribution >= 0.6 is 0 Å². The summed E-state index contributed by atoms with van der Waals surface area (Å²) >= 11 is 0. The first-order valence-electron chi connectivity index (χ1n) is 5.10. The number of hydrogen-bond donors (Lipinski definition) is 0. The van der Waals surface area contributed by atoms with Gasteiger partial charge in [-0.15, -0.1) is 0 Å². The van der Waals surface area contributed by atoms with E-state index in [0.717, 1.165) is 26.1 Å². The highest BCUT2D eigenvalue weighted by Gasteiger charge is 2.18. The molecule has 0 spiro atoms. The predicted octanol–water partition coefficient (Wildman–Crippen LogP) is 0.926. The summed E-state index contributed by atoms with van der Waals surface area (Å²) in [4.78, 5) is 4.65. The van der Waals surface area contributed by atoms with Crippen molar-refractivity contribution in [2.45, 2.75) is 25.8 Å². The van der Waals surface area contributed by atoms with E-state index in [1.54, 1.807) is 0 Å². The van der Waals surface area contributed by atoms with E-state index in [1.165, 1.54) is 13.0 Å². The molecule has 13 heavy (non-hydrogen) atoms. The molecule has 0 amide bonds. The molecule has 0 aliphatic carbocycles. The number of nitriles is 1. The molecule has 1 rings (SSSR count). The lowest BCUT2D eigenvalue weighted by atomic mass is 10.2. The topological polar surface area (TPSA) is 30.3 Å². The Balaban J connectivity index is 2.46. The molecule has 0 saturated carbocycles. The maximum Gasteiger partial charge on any atom is 0.0975 e. The van der Waals surface area contributed by atoms with Crippen LogP contribution in [0.2, 0.25) is 0 Å². The summed E-state index contributed by atoms with van der Waals surface area (Å²) in [6.07, 6.45) is 2.13. The van der Waals surface area contributed by atoms with E-state index in [1.807, 2.05) is 0 Å². The second-order valence-electron chi connectivity index (χ2n) is 3.75. The Morgan fingerprint density at radius 1 is 1.31 bits per heavy atom. The zero-order chi connectivity index (χ0) is 9.68. The van der Waals surface area contributed by atoms with Crippen LogP contribution < -0.4 is 0 Å². The van der Waals surface area contributed by atoms with Gasteiger partial charge in [-0.3, -0.25) is 4.90 Å². The molecule has 0 aromatic rings. The molecule has 0 radical (unpaired) electrons. The lowest BCUT2D eigenvalue weighted by Gasteiger charge is -2.24. The van der Waals surface area contributed by atoms with Crippen molar-refractivity contribution in [1.29, 1.82) is 5.26 Å². The summed E-state index contributed by atoms with van der Waals surface area (Å²) in [5.41, 5.74) is 0. The van der Waals surface area contributed by atoms with Crippen LogP contribution in [0.5, 0.6) is 0 Å². The van der Waals surface area contributed by atoms with Gasteiger partial charge in [-0.1, -0.05) is 6.92 Å². The van der Waals surface area contributed by atoms with Crippen LogP contribution in [0, 0.1) is 11.3 Å². The van der Waals surface area contributed by atoms with Crippen molar-refractivity contribution in [2.24, 2.45) is 0 Å². The minimum atomic E-state index is 0.131. The van der Waals surface area contributed by atoms with Crippen molar-refractivity contribution in [3.8, 4) is 6.07 Å². The van der Waals surface area contributed by atoms with E-state index in [9.17, 15) is 0 Å². The normalized spacial score (nSPS) is 23.5. The van der Waals surface area contributed by atoms with Gasteiger partial charge in [0.15, 0.2) is 0 Å². The summed E-state index contributed by atoms with van der Waals surface area (Å²) in [7, 11) is 2.15. The van der Waals surface area contributed by atoms with Crippen molar-refractivity contribution in [1.82, 2.24) is 9.80 Å². The van der Waals surface area contributed by atoms with Gasteiger partial charge in [0.25, 0.3) is 0 Å². The zero-order valence-corrected chi connectivity index (χ0v) is 8.66. The van der Waals surface area contributed by atoms with Crippen molar-refractivity contribution >= 4 is 0 Å². The highest BCUT2D eigenvalue weighted by atomic mass is 15.2. The average molecular weight is 181 g/mol. The van der Waals surface area contributed by atoms with E-state index in [2.05, 4.69) is 29.8 Å². The molecular weight excluding hydrogens is 162 g/mol. The van der Waals surface area contributed by atoms with Crippen molar-refractivity contribution in [3.05, 3.63) is 0 Å². The summed E-state index contributed by atoms with van der Waals surface area (Å²) in [6, 6.07) is 2.50. The molecule has 1 aliphatic rings. The number of rotatable bonds is 2. The maximum absolute atomic E-state index is 8.93. The van der Waals surface area contributed by atoms with Gasteiger partial charge in [0, 0.05) is 19.6 Å². The Labute approximate surface area is 80.9 Å². The number of likely N-dealkylation sites (N-methyl/N-ethyl adjacent to an activating group) is 1. The zero-order valence-electron chi connectivity index (χ0n) is 8.66. The van der Waals surface area contributed by atoms with Gasteiger partial charge in [0.05, 0.1) is 12.1 Å². The third-order valence-electron chi connectivity index (χ3n) is 2.73. The third kappa shape index (κ3) is 2.98. The van der Waals surface area contributed by atoms with Crippen LogP contribution in [0.1, 0.15) is 19.8 Å². The SMILES string of the molecule is CCC(C#N)N1CCCN(C)CC1. The lowest BCUT2D eigenvalue weighted by molar-refractivity contribution is 0.235. The number of nitrogens with zero attached hydrogens (tertiary/aromatic N) is 3.